The molecule has 2 N–H and O–H groups in total. The summed E-state index contributed by atoms with van der Waals surface area (Å²) in [7, 11) is 2.28. The zero-order valence-electron chi connectivity index (χ0n) is 11.9. The highest BCUT2D eigenvalue weighted by molar-refractivity contribution is 4.92. The molecule has 2 heteroatoms. The predicted molar refractivity (Wildman–Crippen MR) is 73.9 cm³/mol. The molecule has 0 saturated heterocycles. The van der Waals surface area contributed by atoms with E-state index >= 15 is 0 Å². The van der Waals surface area contributed by atoms with E-state index in [0.29, 0.717) is 17.4 Å². The maximum Gasteiger partial charge on any atom is 0.0131 e. The second kappa shape index (κ2) is 5.27. The predicted octanol–water partition coefficient (Wildman–Crippen LogP) is 2.87. The van der Waals surface area contributed by atoms with E-state index in [-0.39, 0.29) is 0 Å². The molecule has 2 rings (SSSR count). The summed E-state index contributed by atoms with van der Waals surface area (Å²) in [6.07, 6.45) is 8.35. The van der Waals surface area contributed by atoms with Crippen molar-refractivity contribution >= 4 is 0 Å². The van der Waals surface area contributed by atoms with Gasteiger partial charge in [0.25, 0.3) is 0 Å². The first-order valence-corrected chi connectivity index (χ1v) is 7.43. The SMILES string of the molecule is CN(CC1CCC1)CC1CCCC(C)(C)C1N. The standard InChI is InChI=1S/C15H30N2/c1-15(2)9-5-8-13(14(15)16)11-17(3)10-12-6-4-7-12/h12-14H,4-11,16H2,1-3H3. The summed E-state index contributed by atoms with van der Waals surface area (Å²) in [5.74, 6) is 1.69. The molecule has 2 nitrogen and oxygen atoms in total. The number of nitrogens with zero attached hydrogens (tertiary/aromatic N) is 1. The van der Waals surface area contributed by atoms with Gasteiger partial charge in [-0.2, -0.15) is 0 Å². The van der Waals surface area contributed by atoms with E-state index in [1.807, 2.05) is 0 Å². The Morgan fingerprint density at radius 1 is 1.12 bits per heavy atom. The Morgan fingerprint density at radius 3 is 2.41 bits per heavy atom. The van der Waals surface area contributed by atoms with E-state index < -0.39 is 0 Å². The molecule has 100 valence electrons. The van der Waals surface area contributed by atoms with Crippen molar-refractivity contribution in [3.05, 3.63) is 0 Å². The molecule has 2 fully saturated rings. The molecule has 0 aromatic rings. The Hall–Kier alpha value is -0.0800. The number of hydrogen-bond donors (Lipinski definition) is 1. The van der Waals surface area contributed by atoms with E-state index in [0.717, 1.165) is 5.92 Å². The van der Waals surface area contributed by atoms with Crippen LogP contribution in [0.2, 0.25) is 0 Å². The zero-order valence-corrected chi connectivity index (χ0v) is 11.9. The summed E-state index contributed by atoms with van der Waals surface area (Å²) < 4.78 is 0. The van der Waals surface area contributed by atoms with Crippen molar-refractivity contribution in [2.75, 3.05) is 20.1 Å². The van der Waals surface area contributed by atoms with Gasteiger partial charge in [-0.3, -0.25) is 0 Å². The summed E-state index contributed by atoms with van der Waals surface area (Å²) >= 11 is 0. The largest absolute Gasteiger partial charge is 0.327 e. The minimum absolute atomic E-state index is 0.347. The number of hydrogen-bond acceptors (Lipinski definition) is 2. The van der Waals surface area contributed by atoms with Crippen molar-refractivity contribution in [3.8, 4) is 0 Å². The Labute approximate surface area is 107 Å². The van der Waals surface area contributed by atoms with E-state index in [1.165, 1.54) is 51.6 Å². The van der Waals surface area contributed by atoms with Gasteiger partial charge in [-0.25, -0.2) is 0 Å². The molecule has 0 amide bonds. The lowest BCUT2D eigenvalue weighted by atomic mass is 9.68. The highest BCUT2D eigenvalue weighted by Crippen LogP contribution is 2.38. The first-order chi connectivity index (χ1) is 7.99. The van der Waals surface area contributed by atoms with Crippen LogP contribution in [-0.4, -0.2) is 31.1 Å². The van der Waals surface area contributed by atoms with Crippen molar-refractivity contribution in [3.63, 3.8) is 0 Å². The van der Waals surface area contributed by atoms with Gasteiger partial charge >= 0.3 is 0 Å². The summed E-state index contributed by atoms with van der Waals surface area (Å²) in [6, 6.07) is 0.389. The third-order valence-electron chi connectivity index (χ3n) is 5.15. The first-order valence-electron chi connectivity index (χ1n) is 7.43. The molecule has 0 bridgehead atoms. The third kappa shape index (κ3) is 3.23. The van der Waals surface area contributed by atoms with Gasteiger partial charge < -0.3 is 10.6 Å². The van der Waals surface area contributed by atoms with Gasteiger partial charge in [0.05, 0.1) is 0 Å². The molecule has 2 aliphatic carbocycles. The molecule has 17 heavy (non-hydrogen) atoms. The minimum atomic E-state index is 0.347. The molecular weight excluding hydrogens is 208 g/mol. The first kappa shape index (κ1) is 13.4. The molecule has 0 aromatic carbocycles. The van der Waals surface area contributed by atoms with Crippen molar-refractivity contribution in [2.45, 2.75) is 58.4 Å². The fourth-order valence-corrected chi connectivity index (χ4v) is 3.60. The minimum Gasteiger partial charge on any atom is -0.327 e. The van der Waals surface area contributed by atoms with Crippen LogP contribution in [-0.2, 0) is 0 Å². The maximum atomic E-state index is 6.46. The van der Waals surface area contributed by atoms with Crippen molar-refractivity contribution in [2.24, 2.45) is 23.0 Å². The topological polar surface area (TPSA) is 29.3 Å². The second-order valence-corrected chi connectivity index (χ2v) is 7.18. The molecule has 2 atom stereocenters. The molecule has 0 aliphatic heterocycles. The zero-order chi connectivity index (χ0) is 12.5. The lowest BCUT2D eigenvalue weighted by Crippen LogP contribution is -2.50. The lowest BCUT2D eigenvalue weighted by molar-refractivity contribution is 0.0983. The van der Waals surface area contributed by atoms with Crippen molar-refractivity contribution in [1.29, 1.82) is 0 Å². The average Bonchev–Trinajstić information content (AvgIpc) is 2.19. The Balaban J connectivity index is 1.80. The van der Waals surface area contributed by atoms with Gasteiger partial charge in [0, 0.05) is 19.1 Å². The summed E-state index contributed by atoms with van der Waals surface area (Å²) in [4.78, 5) is 2.54. The lowest BCUT2D eigenvalue weighted by Gasteiger charge is -2.43. The van der Waals surface area contributed by atoms with Crippen LogP contribution in [0.5, 0.6) is 0 Å². The number of nitrogens with two attached hydrogens (primary N) is 1. The summed E-state index contributed by atoms with van der Waals surface area (Å²) in [6.45, 7) is 7.19. The van der Waals surface area contributed by atoms with E-state index in [9.17, 15) is 0 Å². The van der Waals surface area contributed by atoms with Crippen LogP contribution in [0.4, 0.5) is 0 Å². The molecule has 0 spiro atoms. The van der Waals surface area contributed by atoms with Crippen LogP contribution in [0.25, 0.3) is 0 Å². The van der Waals surface area contributed by atoms with Crippen LogP contribution in [0, 0.1) is 17.3 Å². The molecule has 2 saturated carbocycles. The van der Waals surface area contributed by atoms with Crippen LogP contribution in [0.15, 0.2) is 0 Å². The maximum absolute atomic E-state index is 6.46. The van der Waals surface area contributed by atoms with Crippen LogP contribution in [0.1, 0.15) is 52.4 Å². The number of rotatable bonds is 4. The van der Waals surface area contributed by atoms with Gasteiger partial charge in [-0.15, -0.1) is 0 Å². The highest BCUT2D eigenvalue weighted by Gasteiger charge is 2.36. The highest BCUT2D eigenvalue weighted by atomic mass is 15.1. The van der Waals surface area contributed by atoms with Crippen LogP contribution in [0.3, 0.4) is 0 Å². The Kier molecular flexibility index (Phi) is 4.14. The van der Waals surface area contributed by atoms with Crippen LogP contribution < -0.4 is 5.73 Å². The molecule has 0 heterocycles. The fourth-order valence-electron chi connectivity index (χ4n) is 3.60. The average molecular weight is 238 g/mol. The Bertz CT molecular complexity index is 245. The summed E-state index contributed by atoms with van der Waals surface area (Å²) in [5.41, 5.74) is 6.80. The normalized spacial score (nSPS) is 33.7. The van der Waals surface area contributed by atoms with Gasteiger partial charge in [0.2, 0.25) is 0 Å². The smallest absolute Gasteiger partial charge is 0.0131 e. The van der Waals surface area contributed by atoms with Crippen molar-refractivity contribution < 1.29 is 0 Å². The second-order valence-electron chi connectivity index (χ2n) is 7.18. The Morgan fingerprint density at radius 2 is 1.82 bits per heavy atom. The van der Waals surface area contributed by atoms with Crippen molar-refractivity contribution in [1.82, 2.24) is 4.90 Å². The van der Waals surface area contributed by atoms with Gasteiger partial charge in [0.1, 0.15) is 0 Å². The molecular formula is C15H30N2. The monoisotopic (exact) mass is 238 g/mol. The van der Waals surface area contributed by atoms with Gasteiger partial charge in [0.15, 0.2) is 0 Å². The summed E-state index contributed by atoms with van der Waals surface area (Å²) in [5, 5.41) is 0. The third-order valence-corrected chi connectivity index (χ3v) is 5.15. The molecule has 2 aliphatic rings. The fraction of sp³-hybridized carbons (Fsp3) is 1.00. The van der Waals surface area contributed by atoms with Crippen LogP contribution >= 0.6 is 0 Å². The van der Waals surface area contributed by atoms with E-state index in [1.54, 1.807) is 0 Å². The van der Waals surface area contributed by atoms with Gasteiger partial charge in [-0.1, -0.05) is 26.7 Å². The molecule has 0 radical (unpaired) electrons. The molecule has 2 unspecified atom stereocenters. The van der Waals surface area contributed by atoms with E-state index in [4.69, 9.17) is 5.73 Å². The quantitative estimate of drug-likeness (QED) is 0.816. The van der Waals surface area contributed by atoms with Gasteiger partial charge in [-0.05, 0) is 50.0 Å². The molecule has 0 aromatic heterocycles. The van der Waals surface area contributed by atoms with E-state index in [2.05, 4.69) is 25.8 Å².